The van der Waals surface area contributed by atoms with Crippen LogP contribution in [0.25, 0.3) is 0 Å². The Morgan fingerprint density at radius 2 is 2.24 bits per heavy atom. The van der Waals surface area contributed by atoms with Crippen LogP contribution in [0.1, 0.15) is 11.7 Å². The summed E-state index contributed by atoms with van der Waals surface area (Å²) in [6.45, 7) is 7.20. The van der Waals surface area contributed by atoms with Crippen LogP contribution in [0.4, 0.5) is 0 Å². The second-order valence-corrected chi connectivity index (χ2v) is 4.90. The van der Waals surface area contributed by atoms with Crippen LogP contribution < -0.4 is 0 Å². The van der Waals surface area contributed by atoms with E-state index in [9.17, 15) is 0 Å². The molecule has 0 aromatic heterocycles. The number of halogens is 2. The zero-order chi connectivity index (χ0) is 12.3. The van der Waals surface area contributed by atoms with Crippen molar-refractivity contribution in [3.63, 3.8) is 0 Å². The molecule has 1 aliphatic heterocycles. The maximum atomic E-state index is 6.01. The first-order chi connectivity index (χ1) is 8.20. The average molecular weight is 272 g/mol. The van der Waals surface area contributed by atoms with E-state index in [4.69, 9.17) is 27.9 Å². The van der Waals surface area contributed by atoms with E-state index < -0.39 is 0 Å². The van der Waals surface area contributed by atoms with Crippen molar-refractivity contribution < 1.29 is 4.74 Å². The van der Waals surface area contributed by atoms with Crippen molar-refractivity contribution in [3.05, 3.63) is 46.5 Å². The van der Waals surface area contributed by atoms with E-state index in [0.29, 0.717) is 10.0 Å². The molecule has 1 fully saturated rings. The normalized spacial score (nSPS) is 21.4. The number of hydrogen-bond acceptors (Lipinski definition) is 2. The predicted octanol–water partition coefficient (Wildman–Crippen LogP) is 3.55. The Morgan fingerprint density at radius 3 is 2.94 bits per heavy atom. The van der Waals surface area contributed by atoms with Gasteiger partial charge < -0.3 is 4.74 Å². The molecule has 1 saturated heterocycles. The van der Waals surface area contributed by atoms with Crippen LogP contribution in [0.15, 0.2) is 30.9 Å². The minimum Gasteiger partial charge on any atom is -0.371 e. The summed E-state index contributed by atoms with van der Waals surface area (Å²) in [4.78, 5) is 2.31. The fourth-order valence-electron chi connectivity index (χ4n) is 1.97. The summed E-state index contributed by atoms with van der Waals surface area (Å²) in [5.41, 5.74) is 1.08. The number of morpholine rings is 1. The third-order valence-corrected chi connectivity index (χ3v) is 3.59. The standard InChI is InChI=1S/C13H15Cl2NO/c1-2-5-16-6-7-17-13(9-16)10-3-4-11(14)12(15)8-10/h2-4,8,13H,1,5-7,9H2. The molecular weight excluding hydrogens is 257 g/mol. The SMILES string of the molecule is C=CCN1CCOC(c2ccc(Cl)c(Cl)c2)C1. The maximum absolute atomic E-state index is 6.01. The Kier molecular flexibility index (Phi) is 4.46. The van der Waals surface area contributed by atoms with Gasteiger partial charge in [0.1, 0.15) is 0 Å². The van der Waals surface area contributed by atoms with Crippen LogP contribution in [0, 0.1) is 0 Å². The van der Waals surface area contributed by atoms with Gasteiger partial charge in [0, 0.05) is 19.6 Å². The van der Waals surface area contributed by atoms with Gasteiger partial charge in [-0.1, -0.05) is 35.3 Å². The Bertz CT molecular complexity index is 408. The number of rotatable bonds is 3. The largest absolute Gasteiger partial charge is 0.371 e. The summed E-state index contributed by atoms with van der Waals surface area (Å²) in [5.74, 6) is 0. The lowest BCUT2D eigenvalue weighted by Gasteiger charge is -2.32. The molecule has 1 heterocycles. The zero-order valence-corrected chi connectivity index (χ0v) is 11.0. The summed E-state index contributed by atoms with van der Waals surface area (Å²) < 4.78 is 5.76. The highest BCUT2D eigenvalue weighted by molar-refractivity contribution is 6.42. The van der Waals surface area contributed by atoms with Crippen LogP contribution in [0.3, 0.4) is 0 Å². The second-order valence-electron chi connectivity index (χ2n) is 4.08. The van der Waals surface area contributed by atoms with Gasteiger partial charge in [-0.2, -0.15) is 0 Å². The summed E-state index contributed by atoms with van der Waals surface area (Å²) in [6.07, 6.45) is 1.98. The highest BCUT2D eigenvalue weighted by atomic mass is 35.5. The Hall–Kier alpha value is -0.540. The van der Waals surface area contributed by atoms with Crippen molar-refractivity contribution in [2.45, 2.75) is 6.10 Å². The summed E-state index contributed by atoms with van der Waals surface area (Å²) in [7, 11) is 0. The molecule has 0 amide bonds. The van der Waals surface area contributed by atoms with E-state index in [2.05, 4.69) is 11.5 Å². The summed E-state index contributed by atoms with van der Waals surface area (Å²) >= 11 is 11.9. The molecule has 2 rings (SSSR count). The van der Waals surface area contributed by atoms with Gasteiger partial charge in [0.25, 0.3) is 0 Å². The molecule has 0 N–H and O–H groups in total. The van der Waals surface area contributed by atoms with Gasteiger partial charge in [-0.15, -0.1) is 6.58 Å². The van der Waals surface area contributed by atoms with E-state index >= 15 is 0 Å². The second kappa shape index (κ2) is 5.87. The molecule has 0 saturated carbocycles. The molecule has 1 unspecified atom stereocenters. The van der Waals surface area contributed by atoms with Crippen LogP contribution in [0.5, 0.6) is 0 Å². The van der Waals surface area contributed by atoms with Crippen molar-refractivity contribution in [2.24, 2.45) is 0 Å². The summed E-state index contributed by atoms with van der Waals surface area (Å²) in [5, 5.41) is 1.16. The number of hydrogen-bond donors (Lipinski definition) is 0. The lowest BCUT2D eigenvalue weighted by Crippen LogP contribution is -2.38. The minimum atomic E-state index is 0.0680. The van der Waals surface area contributed by atoms with Gasteiger partial charge in [0.2, 0.25) is 0 Å². The van der Waals surface area contributed by atoms with Gasteiger partial charge >= 0.3 is 0 Å². The minimum absolute atomic E-state index is 0.0680. The molecule has 92 valence electrons. The quantitative estimate of drug-likeness (QED) is 0.780. The lowest BCUT2D eigenvalue weighted by molar-refractivity contribution is -0.0260. The van der Waals surface area contributed by atoms with Crippen molar-refractivity contribution in [3.8, 4) is 0 Å². The van der Waals surface area contributed by atoms with Crippen LogP contribution in [-0.2, 0) is 4.74 Å². The topological polar surface area (TPSA) is 12.5 Å². The lowest BCUT2D eigenvalue weighted by atomic mass is 10.1. The third-order valence-electron chi connectivity index (χ3n) is 2.85. The number of benzene rings is 1. The Labute approximate surface area is 112 Å². The third kappa shape index (κ3) is 3.23. The Morgan fingerprint density at radius 1 is 1.41 bits per heavy atom. The van der Waals surface area contributed by atoms with E-state index in [1.165, 1.54) is 0 Å². The van der Waals surface area contributed by atoms with Crippen LogP contribution in [0.2, 0.25) is 10.0 Å². The van der Waals surface area contributed by atoms with E-state index in [0.717, 1.165) is 31.8 Å². The first kappa shape index (κ1) is 12.9. The fraction of sp³-hybridized carbons (Fsp3) is 0.385. The van der Waals surface area contributed by atoms with Gasteiger partial charge in [-0.3, -0.25) is 4.90 Å². The molecule has 0 aliphatic carbocycles. The molecule has 0 bridgehead atoms. The number of ether oxygens (including phenoxy) is 1. The van der Waals surface area contributed by atoms with E-state index in [1.54, 1.807) is 0 Å². The van der Waals surface area contributed by atoms with Gasteiger partial charge in [0.15, 0.2) is 0 Å². The first-order valence-corrected chi connectivity index (χ1v) is 6.36. The van der Waals surface area contributed by atoms with Crippen molar-refractivity contribution in [1.82, 2.24) is 4.90 Å². The number of nitrogens with zero attached hydrogens (tertiary/aromatic N) is 1. The van der Waals surface area contributed by atoms with Gasteiger partial charge in [0.05, 0.1) is 22.8 Å². The highest BCUT2D eigenvalue weighted by Crippen LogP contribution is 2.28. The monoisotopic (exact) mass is 271 g/mol. The van der Waals surface area contributed by atoms with Crippen LogP contribution in [-0.4, -0.2) is 31.1 Å². The molecule has 1 aliphatic rings. The molecule has 1 aromatic rings. The van der Waals surface area contributed by atoms with E-state index in [1.807, 2.05) is 24.3 Å². The average Bonchev–Trinajstić information content (AvgIpc) is 2.33. The smallest absolute Gasteiger partial charge is 0.0953 e. The summed E-state index contributed by atoms with van der Waals surface area (Å²) in [6, 6.07) is 5.66. The maximum Gasteiger partial charge on any atom is 0.0953 e. The Balaban J connectivity index is 2.10. The fourth-order valence-corrected chi connectivity index (χ4v) is 2.27. The molecule has 1 aromatic carbocycles. The van der Waals surface area contributed by atoms with Gasteiger partial charge in [-0.25, -0.2) is 0 Å². The van der Waals surface area contributed by atoms with Gasteiger partial charge in [-0.05, 0) is 17.7 Å². The van der Waals surface area contributed by atoms with Crippen LogP contribution >= 0.6 is 23.2 Å². The van der Waals surface area contributed by atoms with Crippen molar-refractivity contribution in [2.75, 3.05) is 26.2 Å². The highest BCUT2D eigenvalue weighted by Gasteiger charge is 2.21. The predicted molar refractivity (Wildman–Crippen MR) is 71.8 cm³/mol. The van der Waals surface area contributed by atoms with E-state index in [-0.39, 0.29) is 6.10 Å². The molecule has 0 radical (unpaired) electrons. The molecule has 0 spiro atoms. The molecule has 4 heteroatoms. The molecule has 1 atom stereocenters. The first-order valence-electron chi connectivity index (χ1n) is 5.60. The van der Waals surface area contributed by atoms with Crippen molar-refractivity contribution in [1.29, 1.82) is 0 Å². The molecule has 2 nitrogen and oxygen atoms in total. The van der Waals surface area contributed by atoms with Crippen molar-refractivity contribution >= 4 is 23.2 Å². The zero-order valence-electron chi connectivity index (χ0n) is 9.53. The molecule has 17 heavy (non-hydrogen) atoms. The molecular formula is C13H15Cl2NO.